The van der Waals surface area contributed by atoms with E-state index in [9.17, 15) is 13.5 Å². The van der Waals surface area contributed by atoms with Crippen molar-refractivity contribution in [3.63, 3.8) is 0 Å². The van der Waals surface area contributed by atoms with E-state index in [4.69, 9.17) is 0 Å². The summed E-state index contributed by atoms with van der Waals surface area (Å²) in [5.41, 5.74) is 2.44. The van der Waals surface area contributed by atoms with Crippen molar-refractivity contribution in [2.45, 2.75) is 43.0 Å². The smallest absolute Gasteiger partial charge is 0.243 e. The lowest BCUT2D eigenvalue weighted by Gasteiger charge is -2.22. The minimum Gasteiger partial charge on any atom is -0.395 e. The number of fused-ring (bicyclic) bond motifs is 1. The van der Waals surface area contributed by atoms with Crippen LogP contribution in [0.15, 0.2) is 23.1 Å². The van der Waals surface area contributed by atoms with E-state index in [1.807, 2.05) is 12.1 Å². The molecule has 0 aromatic heterocycles. The van der Waals surface area contributed by atoms with Crippen LogP contribution in [0.1, 0.15) is 30.4 Å². The molecule has 0 amide bonds. The quantitative estimate of drug-likeness (QED) is 0.909. The Morgan fingerprint density at radius 1 is 1.21 bits per heavy atom. The summed E-state index contributed by atoms with van der Waals surface area (Å²) < 4.78 is 26.7. The first kappa shape index (κ1) is 13.1. The molecule has 0 radical (unpaired) electrons. The number of hydrogen-bond donors (Lipinski definition) is 1. The fraction of sp³-hybridized carbons (Fsp3) is 0.571. The van der Waals surface area contributed by atoms with E-state index in [-0.39, 0.29) is 12.6 Å². The molecule has 1 aliphatic carbocycles. The molecule has 1 aromatic carbocycles. The van der Waals surface area contributed by atoms with Crippen LogP contribution in [0, 0.1) is 0 Å². The molecule has 19 heavy (non-hydrogen) atoms. The lowest BCUT2D eigenvalue weighted by Crippen LogP contribution is -2.37. The van der Waals surface area contributed by atoms with Crippen molar-refractivity contribution < 1.29 is 13.5 Å². The zero-order chi connectivity index (χ0) is 13.5. The zero-order valence-electron chi connectivity index (χ0n) is 10.9. The van der Waals surface area contributed by atoms with Gasteiger partial charge in [0.25, 0.3) is 0 Å². The van der Waals surface area contributed by atoms with Gasteiger partial charge in [-0.1, -0.05) is 6.07 Å². The van der Waals surface area contributed by atoms with Gasteiger partial charge in [-0.3, -0.25) is 0 Å². The molecule has 1 atom stereocenters. The van der Waals surface area contributed by atoms with Crippen molar-refractivity contribution in [1.82, 2.24) is 4.31 Å². The van der Waals surface area contributed by atoms with Crippen molar-refractivity contribution in [2.24, 2.45) is 0 Å². The fourth-order valence-electron chi connectivity index (χ4n) is 3.15. The molecular weight excluding hydrogens is 262 g/mol. The molecule has 0 spiro atoms. The molecule has 1 saturated heterocycles. The van der Waals surface area contributed by atoms with Gasteiger partial charge in [0.15, 0.2) is 0 Å². The summed E-state index contributed by atoms with van der Waals surface area (Å²) in [6.45, 7) is 0.425. The predicted molar refractivity (Wildman–Crippen MR) is 72.5 cm³/mol. The lowest BCUT2D eigenvalue weighted by atomic mass is 10.1. The Kier molecular flexibility index (Phi) is 3.37. The van der Waals surface area contributed by atoms with E-state index >= 15 is 0 Å². The monoisotopic (exact) mass is 281 g/mol. The average molecular weight is 281 g/mol. The molecule has 0 bridgehead atoms. The average Bonchev–Trinajstić information content (AvgIpc) is 3.06. The van der Waals surface area contributed by atoms with Gasteiger partial charge in [-0.25, -0.2) is 8.42 Å². The van der Waals surface area contributed by atoms with Crippen LogP contribution in [0.2, 0.25) is 0 Å². The molecule has 3 rings (SSSR count). The van der Waals surface area contributed by atoms with Gasteiger partial charge < -0.3 is 5.11 Å². The molecular formula is C14H19NO3S. The highest BCUT2D eigenvalue weighted by molar-refractivity contribution is 7.89. The SMILES string of the molecule is O=S(=O)(c1ccc2c(c1)CCC2)N1CCC[C@@H]1CO. The molecule has 104 valence electrons. The van der Waals surface area contributed by atoms with Crippen molar-refractivity contribution in [1.29, 1.82) is 0 Å². The zero-order valence-corrected chi connectivity index (χ0v) is 11.7. The molecule has 0 unspecified atom stereocenters. The summed E-state index contributed by atoms with van der Waals surface area (Å²) in [7, 11) is -3.45. The Hall–Kier alpha value is -0.910. The van der Waals surface area contributed by atoms with Gasteiger partial charge in [0.1, 0.15) is 0 Å². The largest absolute Gasteiger partial charge is 0.395 e. The van der Waals surface area contributed by atoms with Gasteiger partial charge in [0, 0.05) is 12.6 Å². The Morgan fingerprint density at radius 2 is 2.00 bits per heavy atom. The van der Waals surface area contributed by atoms with Gasteiger partial charge in [0.2, 0.25) is 10.0 Å². The minimum absolute atomic E-state index is 0.0931. The highest BCUT2D eigenvalue weighted by Gasteiger charge is 2.35. The fourth-order valence-corrected chi connectivity index (χ4v) is 4.89. The second kappa shape index (κ2) is 4.89. The molecule has 1 heterocycles. The van der Waals surface area contributed by atoms with Gasteiger partial charge in [-0.15, -0.1) is 0 Å². The van der Waals surface area contributed by atoms with Crippen molar-refractivity contribution >= 4 is 10.0 Å². The van der Waals surface area contributed by atoms with Crippen LogP contribution in [0.5, 0.6) is 0 Å². The maximum absolute atomic E-state index is 12.6. The van der Waals surface area contributed by atoms with E-state index in [0.717, 1.165) is 32.1 Å². The topological polar surface area (TPSA) is 57.6 Å². The maximum atomic E-state index is 12.6. The van der Waals surface area contributed by atoms with Crippen LogP contribution in [-0.2, 0) is 22.9 Å². The van der Waals surface area contributed by atoms with Gasteiger partial charge in [-0.05, 0) is 55.4 Å². The van der Waals surface area contributed by atoms with Gasteiger partial charge >= 0.3 is 0 Å². The summed E-state index contributed by atoms with van der Waals surface area (Å²) in [6, 6.07) is 5.23. The van der Waals surface area contributed by atoms with Crippen LogP contribution in [0.25, 0.3) is 0 Å². The standard InChI is InChI=1S/C14H19NO3S/c16-10-13-5-2-8-15(13)19(17,18)14-7-6-11-3-1-4-12(11)9-14/h6-7,9,13,16H,1-5,8,10H2/t13-/m1/s1. The van der Waals surface area contributed by atoms with E-state index in [1.54, 1.807) is 6.07 Å². The Balaban J connectivity index is 1.96. The third kappa shape index (κ3) is 2.20. The first-order chi connectivity index (χ1) is 9.13. The number of hydrogen-bond acceptors (Lipinski definition) is 3. The van der Waals surface area contributed by atoms with E-state index in [2.05, 4.69) is 0 Å². The normalized spacial score (nSPS) is 23.7. The Labute approximate surface area is 114 Å². The number of aliphatic hydroxyl groups excluding tert-OH is 1. The number of sulfonamides is 1. The number of aliphatic hydroxyl groups is 1. The summed E-state index contributed by atoms with van der Waals surface area (Å²) >= 11 is 0. The van der Waals surface area contributed by atoms with E-state index in [0.29, 0.717) is 11.4 Å². The highest BCUT2D eigenvalue weighted by atomic mass is 32.2. The van der Waals surface area contributed by atoms with Crippen molar-refractivity contribution in [2.75, 3.05) is 13.2 Å². The van der Waals surface area contributed by atoms with Crippen LogP contribution in [0.4, 0.5) is 0 Å². The van der Waals surface area contributed by atoms with Crippen LogP contribution < -0.4 is 0 Å². The number of benzene rings is 1. The summed E-state index contributed by atoms with van der Waals surface area (Å²) in [4.78, 5) is 0.383. The third-order valence-electron chi connectivity index (χ3n) is 4.21. The summed E-state index contributed by atoms with van der Waals surface area (Å²) in [6.07, 6.45) is 4.72. The third-order valence-corrected chi connectivity index (χ3v) is 6.16. The Bertz CT molecular complexity index is 582. The van der Waals surface area contributed by atoms with Crippen LogP contribution in [-0.4, -0.2) is 37.0 Å². The maximum Gasteiger partial charge on any atom is 0.243 e. The molecule has 1 N–H and O–H groups in total. The molecule has 1 fully saturated rings. The van der Waals surface area contributed by atoms with E-state index in [1.165, 1.54) is 15.4 Å². The molecule has 1 aliphatic heterocycles. The van der Waals surface area contributed by atoms with Crippen molar-refractivity contribution in [3.05, 3.63) is 29.3 Å². The lowest BCUT2D eigenvalue weighted by molar-refractivity contribution is 0.213. The van der Waals surface area contributed by atoms with Gasteiger partial charge in [0.05, 0.1) is 11.5 Å². The molecule has 5 heteroatoms. The number of nitrogens with zero attached hydrogens (tertiary/aromatic N) is 1. The van der Waals surface area contributed by atoms with E-state index < -0.39 is 10.0 Å². The number of rotatable bonds is 3. The highest BCUT2D eigenvalue weighted by Crippen LogP contribution is 2.29. The van der Waals surface area contributed by atoms with Crippen LogP contribution >= 0.6 is 0 Å². The second-order valence-electron chi connectivity index (χ2n) is 5.38. The second-order valence-corrected chi connectivity index (χ2v) is 7.27. The molecule has 0 saturated carbocycles. The first-order valence-electron chi connectivity index (χ1n) is 6.87. The molecule has 4 nitrogen and oxygen atoms in total. The molecule has 2 aliphatic rings. The number of aryl methyl sites for hydroxylation is 2. The summed E-state index contributed by atoms with van der Waals surface area (Å²) in [5, 5.41) is 9.30. The molecule has 1 aromatic rings. The van der Waals surface area contributed by atoms with Gasteiger partial charge in [-0.2, -0.15) is 4.31 Å². The Morgan fingerprint density at radius 3 is 2.79 bits per heavy atom. The van der Waals surface area contributed by atoms with Crippen LogP contribution in [0.3, 0.4) is 0 Å². The minimum atomic E-state index is -3.45. The van der Waals surface area contributed by atoms with Crippen molar-refractivity contribution in [3.8, 4) is 0 Å². The predicted octanol–water partition coefficient (Wildman–Crippen LogP) is 1.32. The summed E-state index contributed by atoms with van der Waals surface area (Å²) in [5.74, 6) is 0. The first-order valence-corrected chi connectivity index (χ1v) is 8.31.